The first-order valence-electron chi connectivity index (χ1n) is 11.0. The highest BCUT2D eigenvalue weighted by molar-refractivity contribution is 9.10. The molecule has 2 aromatic heterocycles. The average molecular weight is 568 g/mol. The largest absolute Gasteiger partial charge is 0.435 e. The molecule has 1 saturated heterocycles. The molecule has 12 heteroatoms. The molecule has 1 atom stereocenters. The molecule has 4 heterocycles. The minimum atomic E-state index is -4.56. The Bertz CT molecular complexity index is 1240. The van der Waals surface area contributed by atoms with Crippen LogP contribution >= 0.6 is 27.3 Å². The quantitative estimate of drug-likeness (QED) is 0.462. The third-order valence-electron chi connectivity index (χ3n) is 6.04. The molecule has 1 amide bonds. The second kappa shape index (κ2) is 9.75. The molecular weight excluding hydrogens is 547 g/mol. The third-order valence-corrected chi connectivity index (χ3v) is 7.69. The van der Waals surface area contributed by atoms with Crippen LogP contribution in [0.2, 0.25) is 0 Å². The summed E-state index contributed by atoms with van der Waals surface area (Å²) in [7, 11) is 0. The fourth-order valence-electron chi connectivity index (χ4n) is 4.14. The number of amides is 1. The normalized spacial score (nSPS) is 19.0. The van der Waals surface area contributed by atoms with E-state index in [2.05, 4.69) is 26.5 Å². The molecule has 1 unspecified atom stereocenters. The zero-order chi connectivity index (χ0) is 24.6. The number of aromatic nitrogens is 3. The van der Waals surface area contributed by atoms with Crippen LogP contribution in [-0.2, 0) is 22.4 Å². The summed E-state index contributed by atoms with van der Waals surface area (Å²) in [6, 6.07) is 10.8. The number of nitrogens with one attached hydrogen (secondary N) is 1. The lowest BCUT2D eigenvalue weighted by Crippen LogP contribution is -2.40. The second-order valence-corrected chi connectivity index (χ2v) is 10.1. The molecule has 5 rings (SSSR count). The topological polar surface area (TPSA) is 72.3 Å². The van der Waals surface area contributed by atoms with Gasteiger partial charge in [-0.15, -0.1) is 11.3 Å². The number of carbonyl (C=O) groups is 1. The Morgan fingerprint density at radius 3 is 2.66 bits per heavy atom. The third kappa shape index (κ3) is 5.29. The van der Waals surface area contributed by atoms with Gasteiger partial charge < -0.3 is 4.90 Å². The molecule has 1 aromatic carbocycles. The standard InChI is InChI=1S/C23H21BrF3N5O2S/c24-20-11-19(23(25,26)27)29-32(20)12-21(33)31-8-6-15(7-9-31)22-28-17(13-35-22)16-10-18(34-30-16)14-4-2-1-3-5-14/h1-5,10-11,13,15,18,30H,6-9,12H2. The molecule has 0 bridgehead atoms. The lowest BCUT2D eigenvalue weighted by atomic mass is 9.97. The summed E-state index contributed by atoms with van der Waals surface area (Å²) in [5.74, 6) is -0.0378. The molecule has 0 saturated carbocycles. The highest BCUT2D eigenvalue weighted by atomic mass is 79.9. The SMILES string of the molecule is O=C(Cn1nc(C(F)(F)F)cc1Br)N1CCC(c2nc(C3=CC(c4ccccc4)ON3)cs2)CC1. The van der Waals surface area contributed by atoms with Gasteiger partial charge in [0.25, 0.3) is 0 Å². The molecule has 184 valence electrons. The maximum Gasteiger partial charge on any atom is 0.435 e. The van der Waals surface area contributed by atoms with Crippen LogP contribution in [0.5, 0.6) is 0 Å². The summed E-state index contributed by atoms with van der Waals surface area (Å²) >= 11 is 4.63. The zero-order valence-electron chi connectivity index (χ0n) is 18.3. The summed E-state index contributed by atoms with van der Waals surface area (Å²) in [6.45, 7) is 0.790. The van der Waals surface area contributed by atoms with E-state index in [9.17, 15) is 18.0 Å². The van der Waals surface area contributed by atoms with Gasteiger partial charge in [0.05, 0.1) is 16.4 Å². The number of nitrogens with zero attached hydrogens (tertiary/aromatic N) is 4. The summed E-state index contributed by atoms with van der Waals surface area (Å²) in [6.07, 6.45) is -1.24. The van der Waals surface area contributed by atoms with Crippen molar-refractivity contribution in [3.05, 3.63) is 74.4 Å². The molecule has 2 aliphatic heterocycles. The van der Waals surface area contributed by atoms with Crippen molar-refractivity contribution in [3.63, 3.8) is 0 Å². The number of hydrogen-bond donors (Lipinski definition) is 1. The summed E-state index contributed by atoms with van der Waals surface area (Å²) in [4.78, 5) is 24.8. The van der Waals surface area contributed by atoms with Gasteiger partial charge in [0, 0.05) is 30.5 Å². The predicted molar refractivity (Wildman–Crippen MR) is 127 cm³/mol. The number of alkyl halides is 3. The number of likely N-dealkylation sites (tertiary alicyclic amines) is 1. The fraction of sp³-hybridized carbons (Fsp3) is 0.348. The number of benzene rings is 1. The van der Waals surface area contributed by atoms with Crippen LogP contribution in [0.1, 0.15) is 46.8 Å². The molecule has 1 N–H and O–H groups in total. The van der Waals surface area contributed by atoms with Gasteiger partial charge in [0.2, 0.25) is 5.91 Å². The van der Waals surface area contributed by atoms with E-state index in [-0.39, 0.29) is 29.1 Å². The van der Waals surface area contributed by atoms with Crippen molar-refractivity contribution >= 4 is 38.9 Å². The Morgan fingerprint density at radius 2 is 1.97 bits per heavy atom. The summed E-state index contributed by atoms with van der Waals surface area (Å²) in [5.41, 5.74) is 4.65. The van der Waals surface area contributed by atoms with Crippen LogP contribution in [0.3, 0.4) is 0 Å². The predicted octanol–water partition coefficient (Wildman–Crippen LogP) is 5.14. The van der Waals surface area contributed by atoms with E-state index in [1.54, 1.807) is 16.2 Å². The van der Waals surface area contributed by atoms with E-state index in [0.717, 1.165) is 45.6 Å². The van der Waals surface area contributed by atoms with Crippen LogP contribution in [0.25, 0.3) is 5.70 Å². The van der Waals surface area contributed by atoms with Gasteiger partial charge in [-0.1, -0.05) is 30.3 Å². The van der Waals surface area contributed by atoms with E-state index in [1.807, 2.05) is 41.8 Å². The lowest BCUT2D eigenvalue weighted by molar-refractivity contribution is -0.142. The number of thiazole rings is 1. The number of piperidine rings is 1. The highest BCUT2D eigenvalue weighted by Crippen LogP contribution is 2.34. The molecule has 35 heavy (non-hydrogen) atoms. The van der Waals surface area contributed by atoms with Crippen molar-refractivity contribution in [1.29, 1.82) is 0 Å². The number of hydroxylamine groups is 1. The first-order valence-corrected chi connectivity index (χ1v) is 12.7. The zero-order valence-corrected chi connectivity index (χ0v) is 20.7. The Kier molecular flexibility index (Phi) is 6.69. The molecule has 1 fully saturated rings. The number of hydrogen-bond acceptors (Lipinski definition) is 6. The lowest BCUT2D eigenvalue weighted by Gasteiger charge is -2.31. The molecular formula is C23H21BrF3N5O2S. The van der Waals surface area contributed by atoms with E-state index in [4.69, 9.17) is 9.82 Å². The van der Waals surface area contributed by atoms with Crippen LogP contribution in [-0.4, -0.2) is 38.7 Å². The van der Waals surface area contributed by atoms with Crippen molar-refractivity contribution in [2.45, 2.75) is 37.6 Å². The second-order valence-electron chi connectivity index (χ2n) is 8.37. The Balaban J connectivity index is 1.17. The Hall–Kier alpha value is -2.70. The molecule has 3 aromatic rings. The summed E-state index contributed by atoms with van der Waals surface area (Å²) < 4.78 is 39.8. The van der Waals surface area contributed by atoms with Crippen molar-refractivity contribution in [2.75, 3.05) is 13.1 Å². The number of carbonyl (C=O) groups excluding carboxylic acids is 1. The van der Waals surface area contributed by atoms with Crippen LogP contribution in [0.15, 0.2) is 52.5 Å². The van der Waals surface area contributed by atoms with Crippen LogP contribution < -0.4 is 5.48 Å². The Labute approximate surface area is 211 Å². The van der Waals surface area contributed by atoms with Gasteiger partial charge in [-0.25, -0.2) is 9.67 Å². The minimum absolute atomic E-state index is 0.122. The van der Waals surface area contributed by atoms with E-state index >= 15 is 0 Å². The maximum absolute atomic E-state index is 12.9. The van der Waals surface area contributed by atoms with Crippen molar-refractivity contribution in [2.24, 2.45) is 0 Å². The van der Waals surface area contributed by atoms with Crippen molar-refractivity contribution in [3.8, 4) is 0 Å². The Morgan fingerprint density at radius 1 is 1.23 bits per heavy atom. The molecule has 7 nitrogen and oxygen atoms in total. The first kappa shape index (κ1) is 24.0. The van der Waals surface area contributed by atoms with Gasteiger partial charge in [0.1, 0.15) is 17.3 Å². The fourth-order valence-corrected chi connectivity index (χ4v) is 5.55. The molecule has 0 aliphatic carbocycles. The molecule has 0 spiro atoms. The van der Waals surface area contributed by atoms with E-state index < -0.39 is 11.9 Å². The average Bonchev–Trinajstić information content (AvgIpc) is 3.60. The van der Waals surface area contributed by atoms with Gasteiger partial charge in [-0.2, -0.15) is 18.3 Å². The highest BCUT2D eigenvalue weighted by Gasteiger charge is 2.35. The van der Waals surface area contributed by atoms with Crippen molar-refractivity contribution in [1.82, 2.24) is 25.1 Å². The van der Waals surface area contributed by atoms with Gasteiger partial charge >= 0.3 is 6.18 Å². The van der Waals surface area contributed by atoms with E-state index in [1.165, 1.54) is 0 Å². The number of halogens is 4. The molecule has 2 aliphatic rings. The smallest absolute Gasteiger partial charge is 0.341 e. The van der Waals surface area contributed by atoms with Gasteiger partial charge in [-0.05, 0) is 40.4 Å². The number of rotatable bonds is 5. The first-order chi connectivity index (χ1) is 16.8. The van der Waals surface area contributed by atoms with Crippen LogP contribution in [0.4, 0.5) is 13.2 Å². The minimum Gasteiger partial charge on any atom is -0.341 e. The monoisotopic (exact) mass is 567 g/mol. The van der Waals surface area contributed by atoms with Gasteiger partial charge in [-0.3, -0.25) is 15.1 Å². The van der Waals surface area contributed by atoms with Crippen molar-refractivity contribution < 1.29 is 22.8 Å². The van der Waals surface area contributed by atoms with E-state index in [0.29, 0.717) is 13.1 Å². The van der Waals surface area contributed by atoms with Gasteiger partial charge in [0.15, 0.2) is 5.69 Å². The molecule has 0 radical (unpaired) electrons. The van der Waals surface area contributed by atoms with Crippen LogP contribution in [0, 0.1) is 0 Å². The maximum atomic E-state index is 12.9. The summed E-state index contributed by atoms with van der Waals surface area (Å²) in [5, 5.41) is 6.51.